The maximum Gasteiger partial charge on any atom is 0.396 e. The lowest BCUT2D eigenvalue weighted by molar-refractivity contribution is -0.157. The number of anilines is 1. The number of fused-ring (bicyclic) bond motifs is 1. The molecule has 9 heteroatoms. The lowest BCUT2D eigenvalue weighted by atomic mass is 10.3. The van der Waals surface area contributed by atoms with E-state index in [1.807, 2.05) is 0 Å². The lowest BCUT2D eigenvalue weighted by Crippen LogP contribution is -2.44. The number of halogens is 3. The van der Waals surface area contributed by atoms with E-state index in [-0.39, 0.29) is 13.2 Å². The fourth-order valence-electron chi connectivity index (χ4n) is 2.35. The predicted octanol–water partition coefficient (Wildman–Crippen LogP) is 1.94. The summed E-state index contributed by atoms with van der Waals surface area (Å²) in [6, 6.07) is 0.158. The first-order valence-corrected chi connectivity index (χ1v) is 6.42. The maximum absolute atomic E-state index is 12.7. The Morgan fingerprint density at radius 1 is 1.58 bits per heavy atom. The molecule has 2 heterocycles. The fourth-order valence-corrected chi connectivity index (χ4v) is 2.84. The molecule has 2 fully saturated rings. The maximum atomic E-state index is 12.7. The van der Waals surface area contributed by atoms with Crippen molar-refractivity contribution >= 4 is 22.6 Å². The fraction of sp³-hybridized carbons (Fsp3) is 0.600. The van der Waals surface area contributed by atoms with Crippen molar-refractivity contribution in [3.8, 4) is 0 Å². The number of rotatable bonds is 1. The van der Waals surface area contributed by atoms with Crippen LogP contribution in [0.5, 0.6) is 0 Å². The number of hydrogen-bond acceptors (Lipinski definition) is 4. The molecule has 0 unspecified atom stereocenters. The molecule has 1 saturated carbocycles. The summed E-state index contributed by atoms with van der Waals surface area (Å²) in [6.07, 6.45) is -3.73. The average Bonchev–Trinajstić information content (AvgIpc) is 2.89. The molecule has 1 aromatic rings. The van der Waals surface area contributed by atoms with Crippen molar-refractivity contribution in [2.75, 3.05) is 18.5 Å². The summed E-state index contributed by atoms with van der Waals surface area (Å²) in [5.41, 5.74) is 0. The first kappa shape index (κ1) is 12.7. The number of ether oxygens (including phenoxy) is 1. The van der Waals surface area contributed by atoms with Gasteiger partial charge in [-0.1, -0.05) is 0 Å². The van der Waals surface area contributed by atoms with Crippen LogP contribution in [0.15, 0.2) is 12.3 Å². The number of morpholine rings is 1. The van der Waals surface area contributed by atoms with Gasteiger partial charge in [0.1, 0.15) is 10.9 Å². The minimum atomic E-state index is -4.33. The van der Waals surface area contributed by atoms with E-state index in [1.165, 1.54) is 11.1 Å². The van der Waals surface area contributed by atoms with Gasteiger partial charge in [0, 0.05) is 12.7 Å². The molecule has 104 valence electrons. The minimum absolute atomic E-state index is 0.129. The molecule has 1 aliphatic heterocycles. The van der Waals surface area contributed by atoms with Crippen molar-refractivity contribution in [2.24, 2.45) is 5.92 Å². The molecule has 1 aromatic heterocycles. The van der Waals surface area contributed by atoms with Gasteiger partial charge in [-0.15, -0.1) is 0 Å². The SMILES string of the molecule is O=C(Nc1ccns1)N1CCO[C@H]2[C@@H]1[C@@H]2C(F)(F)F. The molecule has 0 bridgehead atoms. The summed E-state index contributed by atoms with van der Waals surface area (Å²) < 4.78 is 47.0. The largest absolute Gasteiger partial charge is 0.396 e. The van der Waals surface area contributed by atoms with Gasteiger partial charge >= 0.3 is 12.2 Å². The van der Waals surface area contributed by atoms with Gasteiger partial charge in [-0.2, -0.15) is 17.5 Å². The Bertz CT molecular complexity index is 479. The number of carbonyl (C=O) groups is 1. The summed E-state index contributed by atoms with van der Waals surface area (Å²) in [5, 5.41) is 3.05. The minimum Gasteiger partial charge on any atom is -0.373 e. The van der Waals surface area contributed by atoms with Crippen LogP contribution in [0.3, 0.4) is 0 Å². The highest BCUT2D eigenvalue weighted by molar-refractivity contribution is 7.10. The average molecular weight is 293 g/mol. The Morgan fingerprint density at radius 2 is 2.37 bits per heavy atom. The highest BCUT2D eigenvalue weighted by Crippen LogP contribution is 2.51. The number of carbonyl (C=O) groups excluding carboxylic acids is 1. The van der Waals surface area contributed by atoms with Crippen LogP contribution in [-0.2, 0) is 4.74 Å². The monoisotopic (exact) mass is 293 g/mol. The molecule has 1 aliphatic carbocycles. The van der Waals surface area contributed by atoms with Gasteiger partial charge in [-0.05, 0) is 17.6 Å². The molecular weight excluding hydrogens is 283 g/mol. The number of aromatic nitrogens is 1. The predicted molar refractivity (Wildman–Crippen MR) is 60.9 cm³/mol. The third-order valence-corrected chi connectivity index (χ3v) is 3.89. The molecule has 1 N–H and O–H groups in total. The molecule has 3 atom stereocenters. The molecule has 0 spiro atoms. The Morgan fingerprint density at radius 3 is 3.00 bits per heavy atom. The van der Waals surface area contributed by atoms with E-state index >= 15 is 0 Å². The van der Waals surface area contributed by atoms with E-state index in [0.717, 1.165) is 11.5 Å². The van der Waals surface area contributed by atoms with E-state index < -0.39 is 30.3 Å². The van der Waals surface area contributed by atoms with E-state index in [9.17, 15) is 18.0 Å². The van der Waals surface area contributed by atoms with E-state index in [4.69, 9.17) is 4.74 Å². The number of nitrogens with zero attached hydrogens (tertiary/aromatic N) is 2. The van der Waals surface area contributed by atoms with Gasteiger partial charge in [0.05, 0.1) is 18.8 Å². The second-order valence-electron chi connectivity index (χ2n) is 4.39. The second kappa shape index (κ2) is 4.34. The Kier molecular flexibility index (Phi) is 2.90. The van der Waals surface area contributed by atoms with Crippen molar-refractivity contribution in [3.05, 3.63) is 12.3 Å². The number of amides is 2. The quantitative estimate of drug-likeness (QED) is 0.861. The second-order valence-corrected chi connectivity index (χ2v) is 5.23. The highest BCUT2D eigenvalue weighted by Gasteiger charge is 2.69. The van der Waals surface area contributed by atoms with Crippen LogP contribution in [0.4, 0.5) is 23.0 Å². The summed E-state index contributed by atoms with van der Waals surface area (Å²) in [5.74, 6) is -1.57. The van der Waals surface area contributed by atoms with Crippen LogP contribution in [-0.4, -0.2) is 46.8 Å². The van der Waals surface area contributed by atoms with Crippen LogP contribution < -0.4 is 5.32 Å². The van der Waals surface area contributed by atoms with Crippen molar-refractivity contribution in [3.63, 3.8) is 0 Å². The molecular formula is C10H10F3N3O2S. The van der Waals surface area contributed by atoms with Crippen molar-refractivity contribution in [1.29, 1.82) is 0 Å². The standard InChI is InChI=1S/C10H10F3N3O2S/c11-10(12,13)6-7-8(6)18-4-3-16(7)9(17)15-5-1-2-14-19-5/h1-2,6-8H,3-4H2,(H,15,17)/t6-,7-,8+/m0/s1. The van der Waals surface area contributed by atoms with Crippen LogP contribution in [0.25, 0.3) is 0 Å². The van der Waals surface area contributed by atoms with Gasteiger partial charge < -0.3 is 9.64 Å². The third-order valence-electron chi connectivity index (χ3n) is 3.23. The van der Waals surface area contributed by atoms with Crippen LogP contribution in [0.1, 0.15) is 0 Å². The topological polar surface area (TPSA) is 54.5 Å². The van der Waals surface area contributed by atoms with E-state index in [0.29, 0.717) is 5.00 Å². The Hall–Kier alpha value is -1.35. The Labute approximate surface area is 110 Å². The van der Waals surface area contributed by atoms with Gasteiger partial charge in [0.15, 0.2) is 0 Å². The van der Waals surface area contributed by atoms with Gasteiger partial charge in [-0.25, -0.2) is 4.79 Å². The first-order chi connectivity index (χ1) is 8.98. The van der Waals surface area contributed by atoms with Crippen LogP contribution in [0.2, 0.25) is 0 Å². The molecule has 2 aliphatic rings. The highest BCUT2D eigenvalue weighted by atomic mass is 32.1. The van der Waals surface area contributed by atoms with Crippen molar-refractivity contribution in [1.82, 2.24) is 9.27 Å². The summed E-state index contributed by atoms with van der Waals surface area (Å²) >= 11 is 1.07. The van der Waals surface area contributed by atoms with Crippen LogP contribution in [0, 0.1) is 5.92 Å². The first-order valence-electron chi connectivity index (χ1n) is 5.65. The van der Waals surface area contributed by atoms with E-state index in [1.54, 1.807) is 6.07 Å². The van der Waals surface area contributed by atoms with Gasteiger partial charge in [0.2, 0.25) is 0 Å². The van der Waals surface area contributed by atoms with Gasteiger partial charge in [0.25, 0.3) is 0 Å². The number of alkyl halides is 3. The summed E-state index contributed by atoms with van der Waals surface area (Å²) in [6.45, 7) is 0.294. The zero-order valence-electron chi connectivity index (χ0n) is 9.55. The smallest absolute Gasteiger partial charge is 0.373 e. The number of nitrogens with one attached hydrogen (secondary N) is 1. The van der Waals surface area contributed by atoms with Crippen molar-refractivity contribution < 1.29 is 22.7 Å². The summed E-state index contributed by atoms with van der Waals surface area (Å²) in [7, 11) is 0. The van der Waals surface area contributed by atoms with E-state index in [2.05, 4.69) is 9.69 Å². The summed E-state index contributed by atoms with van der Waals surface area (Å²) in [4.78, 5) is 13.1. The zero-order chi connectivity index (χ0) is 13.6. The number of urea groups is 1. The van der Waals surface area contributed by atoms with Gasteiger partial charge in [-0.3, -0.25) is 5.32 Å². The van der Waals surface area contributed by atoms with Crippen molar-refractivity contribution in [2.45, 2.75) is 18.3 Å². The van der Waals surface area contributed by atoms with Crippen LogP contribution >= 0.6 is 11.5 Å². The normalized spacial score (nSPS) is 29.8. The number of hydrogen-bond donors (Lipinski definition) is 1. The zero-order valence-corrected chi connectivity index (χ0v) is 10.4. The molecule has 3 rings (SSSR count). The molecule has 0 radical (unpaired) electrons. The molecule has 1 saturated heterocycles. The molecule has 0 aromatic carbocycles. The Balaban J connectivity index is 1.69. The third kappa shape index (κ3) is 2.27. The lowest BCUT2D eigenvalue weighted by Gasteiger charge is -2.26. The molecule has 5 nitrogen and oxygen atoms in total. The molecule has 2 amide bonds. The molecule has 19 heavy (non-hydrogen) atoms.